The molecule has 1 atom stereocenters. The van der Waals surface area contributed by atoms with Gasteiger partial charge in [-0.05, 0) is 48.9 Å². The van der Waals surface area contributed by atoms with E-state index in [1.807, 2.05) is 0 Å². The predicted octanol–water partition coefficient (Wildman–Crippen LogP) is 4.18. The van der Waals surface area contributed by atoms with Crippen molar-refractivity contribution in [2.75, 3.05) is 12.4 Å². The molecule has 2 aromatic rings. The van der Waals surface area contributed by atoms with Crippen LogP contribution in [0.3, 0.4) is 0 Å². The molecule has 160 valence electrons. The van der Waals surface area contributed by atoms with E-state index in [9.17, 15) is 18.8 Å². The van der Waals surface area contributed by atoms with Gasteiger partial charge in [0.05, 0.1) is 13.5 Å². The summed E-state index contributed by atoms with van der Waals surface area (Å²) in [6, 6.07) is 10.5. The van der Waals surface area contributed by atoms with E-state index in [1.54, 1.807) is 51.1 Å². The van der Waals surface area contributed by atoms with Crippen molar-refractivity contribution in [2.45, 2.75) is 40.2 Å². The van der Waals surface area contributed by atoms with Gasteiger partial charge in [-0.1, -0.05) is 26.8 Å². The molecule has 0 aromatic heterocycles. The highest BCUT2D eigenvalue weighted by Crippen LogP contribution is 2.20. The van der Waals surface area contributed by atoms with Gasteiger partial charge in [0.1, 0.15) is 0 Å². The highest BCUT2D eigenvalue weighted by atomic mass is 19.1. The van der Waals surface area contributed by atoms with Crippen LogP contribution in [0.25, 0.3) is 0 Å². The first-order valence-electron chi connectivity index (χ1n) is 9.49. The number of anilines is 1. The van der Waals surface area contributed by atoms with Crippen molar-refractivity contribution in [2.24, 2.45) is 5.41 Å². The fraction of sp³-hybridized carbons (Fsp3) is 0.348. The average Bonchev–Trinajstić information content (AvgIpc) is 2.67. The highest BCUT2D eigenvalue weighted by molar-refractivity contribution is 6.01. The van der Waals surface area contributed by atoms with Gasteiger partial charge in [-0.3, -0.25) is 14.4 Å². The Labute approximate surface area is 175 Å². The second kappa shape index (κ2) is 9.52. The van der Waals surface area contributed by atoms with E-state index in [0.717, 1.165) is 0 Å². The Morgan fingerprint density at radius 1 is 1.07 bits per heavy atom. The standard InChI is InChI=1S/C23H26FNO5/c1-14(30-20(26)13-15-6-11-19(29-5)18(24)12-15)21(27)16-7-9-17(10-8-16)25-22(28)23(2,3)4/h6-12,14H,13H2,1-5H3,(H,25,28)/t14-/m1/s1. The monoisotopic (exact) mass is 415 g/mol. The van der Waals surface area contributed by atoms with Crippen molar-refractivity contribution in [3.63, 3.8) is 0 Å². The molecule has 0 unspecified atom stereocenters. The summed E-state index contributed by atoms with van der Waals surface area (Å²) >= 11 is 0. The molecule has 1 amide bonds. The van der Waals surface area contributed by atoms with Crippen LogP contribution < -0.4 is 10.1 Å². The Hall–Kier alpha value is -3.22. The number of Topliss-reactive ketones (excluding diaryl/α,β-unsaturated/α-hetero) is 1. The van der Waals surface area contributed by atoms with Crippen molar-refractivity contribution in [1.29, 1.82) is 0 Å². The third-order valence-electron chi connectivity index (χ3n) is 4.35. The van der Waals surface area contributed by atoms with Gasteiger partial charge in [-0.15, -0.1) is 0 Å². The number of carbonyl (C=O) groups excluding carboxylic acids is 3. The van der Waals surface area contributed by atoms with E-state index in [4.69, 9.17) is 9.47 Å². The molecule has 0 spiro atoms. The molecule has 30 heavy (non-hydrogen) atoms. The third kappa shape index (κ3) is 6.14. The molecule has 0 saturated carbocycles. The fourth-order valence-electron chi connectivity index (χ4n) is 2.55. The lowest BCUT2D eigenvalue weighted by atomic mass is 9.95. The van der Waals surface area contributed by atoms with E-state index >= 15 is 0 Å². The summed E-state index contributed by atoms with van der Waals surface area (Å²) in [7, 11) is 1.35. The second-order valence-electron chi connectivity index (χ2n) is 7.92. The van der Waals surface area contributed by atoms with Gasteiger partial charge < -0.3 is 14.8 Å². The molecule has 0 radical (unpaired) electrons. The molecule has 2 rings (SSSR count). The van der Waals surface area contributed by atoms with Crippen LogP contribution in [-0.4, -0.2) is 30.9 Å². The van der Waals surface area contributed by atoms with Crippen LogP contribution in [0.1, 0.15) is 43.6 Å². The number of hydrogen-bond acceptors (Lipinski definition) is 5. The van der Waals surface area contributed by atoms with Crippen molar-refractivity contribution >= 4 is 23.3 Å². The molecule has 2 aromatic carbocycles. The first-order valence-corrected chi connectivity index (χ1v) is 9.49. The number of carbonyl (C=O) groups is 3. The number of halogens is 1. The number of amides is 1. The van der Waals surface area contributed by atoms with Crippen molar-refractivity contribution in [1.82, 2.24) is 0 Å². The third-order valence-corrected chi connectivity index (χ3v) is 4.35. The van der Waals surface area contributed by atoms with Gasteiger partial charge in [0.2, 0.25) is 11.7 Å². The highest BCUT2D eigenvalue weighted by Gasteiger charge is 2.22. The lowest BCUT2D eigenvalue weighted by Crippen LogP contribution is -2.27. The number of benzene rings is 2. The Morgan fingerprint density at radius 3 is 2.23 bits per heavy atom. The van der Waals surface area contributed by atoms with Gasteiger partial charge in [-0.2, -0.15) is 0 Å². The summed E-state index contributed by atoms with van der Waals surface area (Å²) in [5.74, 6) is -1.66. The van der Waals surface area contributed by atoms with Gasteiger partial charge in [0.25, 0.3) is 0 Å². The van der Waals surface area contributed by atoms with Crippen LogP contribution in [0.5, 0.6) is 5.75 Å². The Morgan fingerprint density at radius 2 is 1.70 bits per heavy atom. The number of hydrogen-bond donors (Lipinski definition) is 1. The topological polar surface area (TPSA) is 81.7 Å². The van der Waals surface area contributed by atoms with Gasteiger partial charge in [0, 0.05) is 16.7 Å². The Bertz CT molecular complexity index is 932. The number of nitrogens with one attached hydrogen (secondary N) is 1. The first kappa shape index (κ1) is 23.1. The zero-order valence-electron chi connectivity index (χ0n) is 17.7. The molecule has 0 fully saturated rings. The largest absolute Gasteiger partial charge is 0.494 e. The van der Waals surface area contributed by atoms with Gasteiger partial charge >= 0.3 is 5.97 Å². The SMILES string of the molecule is COc1ccc(CC(=O)O[C@H](C)C(=O)c2ccc(NC(=O)C(C)(C)C)cc2)cc1F. The van der Waals surface area contributed by atoms with Crippen LogP contribution in [0, 0.1) is 11.2 Å². The van der Waals surface area contributed by atoms with E-state index in [1.165, 1.54) is 26.2 Å². The maximum atomic E-state index is 13.7. The van der Waals surface area contributed by atoms with Crippen LogP contribution in [0.4, 0.5) is 10.1 Å². The maximum Gasteiger partial charge on any atom is 0.310 e. The summed E-state index contributed by atoms with van der Waals surface area (Å²) < 4.78 is 23.8. The lowest BCUT2D eigenvalue weighted by molar-refractivity contribution is -0.145. The van der Waals surface area contributed by atoms with Gasteiger partial charge in [-0.25, -0.2) is 4.39 Å². The van der Waals surface area contributed by atoms with Crippen molar-refractivity contribution in [3.05, 3.63) is 59.4 Å². The molecule has 6 nitrogen and oxygen atoms in total. The number of methoxy groups -OCH3 is 1. The number of esters is 1. The smallest absolute Gasteiger partial charge is 0.310 e. The first-order chi connectivity index (χ1) is 14.0. The van der Waals surface area contributed by atoms with Crippen molar-refractivity contribution in [3.8, 4) is 5.75 Å². The van der Waals surface area contributed by atoms with Gasteiger partial charge in [0.15, 0.2) is 17.7 Å². The summed E-state index contributed by atoms with van der Waals surface area (Å²) in [4.78, 5) is 36.7. The van der Waals surface area contributed by atoms with Crippen LogP contribution in [-0.2, 0) is 20.7 Å². The quantitative estimate of drug-likeness (QED) is 0.542. The van der Waals surface area contributed by atoms with Crippen LogP contribution in [0.2, 0.25) is 0 Å². The average molecular weight is 415 g/mol. The Balaban J connectivity index is 1.95. The zero-order chi connectivity index (χ0) is 22.5. The molecule has 0 saturated heterocycles. The minimum Gasteiger partial charge on any atom is -0.494 e. The number of rotatable bonds is 7. The van der Waals surface area contributed by atoms with Crippen LogP contribution >= 0.6 is 0 Å². The minimum atomic E-state index is -1.00. The normalized spacial score (nSPS) is 12.1. The molecule has 0 aliphatic carbocycles. The minimum absolute atomic E-state index is 0.0813. The molecule has 0 heterocycles. The number of ether oxygens (including phenoxy) is 2. The molecule has 7 heteroatoms. The summed E-state index contributed by atoms with van der Waals surface area (Å²) in [6.45, 7) is 6.88. The predicted molar refractivity (Wildman–Crippen MR) is 111 cm³/mol. The van der Waals surface area contributed by atoms with E-state index in [-0.39, 0.29) is 23.9 Å². The number of ketones is 1. The second-order valence-corrected chi connectivity index (χ2v) is 7.92. The molecular weight excluding hydrogens is 389 g/mol. The zero-order valence-corrected chi connectivity index (χ0v) is 17.7. The fourth-order valence-corrected chi connectivity index (χ4v) is 2.55. The lowest BCUT2D eigenvalue weighted by Gasteiger charge is -2.18. The summed E-state index contributed by atoms with van der Waals surface area (Å²) in [5.41, 5.74) is 0.790. The molecular formula is C23H26FNO5. The molecule has 0 aliphatic heterocycles. The Kier molecular flexibility index (Phi) is 7.32. The molecule has 1 N–H and O–H groups in total. The van der Waals surface area contributed by atoms with Crippen molar-refractivity contribution < 1.29 is 28.2 Å². The van der Waals surface area contributed by atoms with E-state index < -0.39 is 23.3 Å². The molecule has 0 aliphatic rings. The summed E-state index contributed by atoms with van der Waals surface area (Å²) in [6.07, 6.45) is -1.17. The van der Waals surface area contributed by atoms with Crippen LogP contribution in [0.15, 0.2) is 42.5 Å². The molecule has 0 bridgehead atoms. The summed E-state index contributed by atoms with van der Waals surface area (Å²) in [5, 5.41) is 2.77. The van der Waals surface area contributed by atoms with E-state index in [2.05, 4.69) is 5.32 Å². The maximum absolute atomic E-state index is 13.7. The van der Waals surface area contributed by atoms with E-state index in [0.29, 0.717) is 16.8 Å².